The molecule has 0 radical (unpaired) electrons. The molecule has 7 aromatic rings. The Kier molecular flexibility index (Phi) is 7.04. The van der Waals surface area contributed by atoms with Crippen molar-refractivity contribution in [3.63, 3.8) is 0 Å². The van der Waals surface area contributed by atoms with Crippen LogP contribution in [-0.4, -0.2) is 13.1 Å². The van der Waals surface area contributed by atoms with Crippen LogP contribution in [0.25, 0.3) is 43.8 Å². The number of hydrogen-bond acceptors (Lipinski definition) is 2. The average Bonchev–Trinajstić information content (AvgIpc) is 3.13. The largest absolute Gasteiger partial charge is 0.341 e. The van der Waals surface area contributed by atoms with E-state index < -0.39 is 0 Å². The van der Waals surface area contributed by atoms with Gasteiger partial charge in [-0.1, -0.05) is 108 Å². The molecule has 0 fully saturated rings. The molecule has 9 rings (SSSR count). The summed E-state index contributed by atoms with van der Waals surface area (Å²) in [4.78, 5) is 5.07. The molecule has 0 aliphatic carbocycles. The van der Waals surface area contributed by atoms with Crippen LogP contribution in [0.1, 0.15) is 35.1 Å². The first-order chi connectivity index (χ1) is 23.6. The minimum absolute atomic E-state index is 1.03. The number of anilines is 4. The Hall–Kier alpha value is -5.34. The predicted molar refractivity (Wildman–Crippen MR) is 205 cm³/mol. The second-order valence-corrected chi connectivity index (χ2v) is 13.7. The van der Waals surface area contributed by atoms with Crippen LogP contribution in [0, 0.1) is 13.8 Å². The normalized spacial score (nSPS) is 14.3. The van der Waals surface area contributed by atoms with Gasteiger partial charge in [-0.05, 0) is 131 Å². The fourth-order valence-corrected chi connectivity index (χ4v) is 8.49. The summed E-state index contributed by atoms with van der Waals surface area (Å²) >= 11 is 0. The average molecular weight is 621 g/mol. The van der Waals surface area contributed by atoms with Crippen LogP contribution in [0.4, 0.5) is 22.7 Å². The lowest BCUT2D eigenvalue weighted by atomic mass is 9.84. The van der Waals surface area contributed by atoms with E-state index in [4.69, 9.17) is 0 Å². The molecule has 2 heterocycles. The van der Waals surface area contributed by atoms with Crippen LogP contribution >= 0.6 is 0 Å². The molecule has 0 saturated heterocycles. The van der Waals surface area contributed by atoms with E-state index in [2.05, 4.69) is 157 Å². The number of nitrogens with zero attached hydrogens (tertiary/aromatic N) is 2. The van der Waals surface area contributed by atoms with E-state index in [9.17, 15) is 0 Å². The first kappa shape index (κ1) is 28.8. The Morgan fingerprint density at radius 2 is 0.896 bits per heavy atom. The van der Waals surface area contributed by atoms with Gasteiger partial charge in [0.25, 0.3) is 0 Å². The molecule has 234 valence electrons. The zero-order valence-electron chi connectivity index (χ0n) is 27.8. The Labute approximate surface area is 283 Å². The minimum Gasteiger partial charge on any atom is -0.341 e. The lowest BCUT2D eigenvalue weighted by Gasteiger charge is -2.32. The highest BCUT2D eigenvalue weighted by atomic mass is 15.1. The van der Waals surface area contributed by atoms with Crippen molar-refractivity contribution in [1.29, 1.82) is 0 Å². The summed E-state index contributed by atoms with van der Waals surface area (Å²) in [6.45, 7) is 6.50. The standard InChI is InChI=1S/C46H40N2/c1-31-26-32(2)28-36(27-31)46-40-23-21-37(47-24-10-16-33-12-6-8-18-43(33)47)29-41(40)45(35-14-4-3-5-15-35)39-22-20-38(30-42(39)46)48-25-11-17-34-13-7-9-19-44(34)48/h3-9,12-15,18-23,26-30H,10-11,16-17,24-25H2,1-2H3. The van der Waals surface area contributed by atoms with E-state index in [1.807, 2.05) is 0 Å². The molecular weight excluding hydrogens is 581 g/mol. The maximum atomic E-state index is 2.53. The number of benzene rings is 7. The summed E-state index contributed by atoms with van der Waals surface area (Å²) in [5.41, 5.74) is 15.8. The zero-order chi connectivity index (χ0) is 32.2. The molecule has 0 aromatic heterocycles. The molecule has 0 saturated carbocycles. The van der Waals surface area contributed by atoms with Gasteiger partial charge in [0.15, 0.2) is 0 Å². The molecule has 2 heteroatoms. The minimum atomic E-state index is 1.03. The van der Waals surface area contributed by atoms with Gasteiger partial charge >= 0.3 is 0 Å². The molecular formula is C46H40N2. The first-order valence-corrected chi connectivity index (χ1v) is 17.5. The monoisotopic (exact) mass is 620 g/mol. The van der Waals surface area contributed by atoms with Crippen LogP contribution in [0.2, 0.25) is 0 Å². The highest BCUT2D eigenvalue weighted by Gasteiger charge is 2.24. The lowest BCUT2D eigenvalue weighted by Crippen LogP contribution is -2.24. The van der Waals surface area contributed by atoms with E-state index in [1.54, 1.807) is 0 Å². The van der Waals surface area contributed by atoms with Crippen LogP contribution in [0.3, 0.4) is 0 Å². The van der Waals surface area contributed by atoms with Crippen molar-refractivity contribution in [3.8, 4) is 22.3 Å². The van der Waals surface area contributed by atoms with Gasteiger partial charge in [0.1, 0.15) is 0 Å². The van der Waals surface area contributed by atoms with E-state index in [1.165, 1.54) is 88.8 Å². The lowest BCUT2D eigenvalue weighted by molar-refractivity contribution is 0.767. The van der Waals surface area contributed by atoms with Crippen LogP contribution in [0.15, 0.2) is 133 Å². The molecule has 2 aliphatic heterocycles. The summed E-state index contributed by atoms with van der Waals surface area (Å²) in [5, 5.41) is 5.21. The van der Waals surface area contributed by atoms with Crippen molar-refractivity contribution in [3.05, 3.63) is 156 Å². The molecule has 0 unspecified atom stereocenters. The number of para-hydroxylation sites is 2. The van der Waals surface area contributed by atoms with Gasteiger partial charge in [-0.15, -0.1) is 0 Å². The number of rotatable bonds is 4. The summed E-state index contributed by atoms with van der Waals surface area (Å²) in [5.74, 6) is 0. The molecule has 0 atom stereocenters. The molecule has 2 nitrogen and oxygen atoms in total. The maximum Gasteiger partial charge on any atom is 0.0443 e. The van der Waals surface area contributed by atoms with Crippen LogP contribution in [0.5, 0.6) is 0 Å². The third-order valence-electron chi connectivity index (χ3n) is 10.5. The predicted octanol–water partition coefficient (Wildman–Crippen LogP) is 12.1. The molecule has 2 aliphatic rings. The van der Waals surface area contributed by atoms with Crippen molar-refractivity contribution in [2.24, 2.45) is 0 Å². The second kappa shape index (κ2) is 11.7. The second-order valence-electron chi connectivity index (χ2n) is 13.7. The zero-order valence-corrected chi connectivity index (χ0v) is 27.8. The summed E-state index contributed by atoms with van der Waals surface area (Å²) in [6, 6.07) is 50.4. The number of hydrogen-bond donors (Lipinski definition) is 0. The molecule has 0 bridgehead atoms. The Morgan fingerprint density at radius 1 is 0.417 bits per heavy atom. The SMILES string of the molecule is Cc1cc(C)cc(-c2c3ccc(N4CCCc5ccccc54)cc3c(-c3ccccc3)c3ccc(N4CCCc5ccccc54)cc23)c1. The van der Waals surface area contributed by atoms with Gasteiger partial charge < -0.3 is 9.80 Å². The summed E-state index contributed by atoms with van der Waals surface area (Å²) < 4.78 is 0. The molecule has 7 aromatic carbocycles. The van der Waals surface area contributed by atoms with Crippen molar-refractivity contribution < 1.29 is 0 Å². The highest BCUT2D eigenvalue weighted by molar-refractivity contribution is 6.22. The Bertz CT molecular complexity index is 2310. The van der Waals surface area contributed by atoms with Crippen LogP contribution in [-0.2, 0) is 12.8 Å². The van der Waals surface area contributed by atoms with Gasteiger partial charge in [0.05, 0.1) is 0 Å². The summed E-state index contributed by atoms with van der Waals surface area (Å²) in [7, 11) is 0. The van der Waals surface area contributed by atoms with Crippen molar-refractivity contribution >= 4 is 44.3 Å². The molecule has 0 N–H and O–H groups in total. The number of fused-ring (bicyclic) bond motifs is 4. The maximum absolute atomic E-state index is 2.53. The van der Waals surface area contributed by atoms with Gasteiger partial charge in [-0.2, -0.15) is 0 Å². The fraction of sp³-hybridized carbons (Fsp3) is 0.174. The number of aryl methyl sites for hydroxylation is 4. The third kappa shape index (κ3) is 4.86. The molecule has 0 spiro atoms. The van der Waals surface area contributed by atoms with Gasteiger partial charge in [0.2, 0.25) is 0 Å². The quantitative estimate of drug-likeness (QED) is 0.181. The van der Waals surface area contributed by atoms with Gasteiger partial charge in [0, 0.05) is 35.8 Å². The van der Waals surface area contributed by atoms with Crippen molar-refractivity contribution in [1.82, 2.24) is 0 Å². The summed E-state index contributed by atoms with van der Waals surface area (Å²) in [6.07, 6.45) is 4.60. The first-order valence-electron chi connectivity index (χ1n) is 17.5. The highest BCUT2D eigenvalue weighted by Crippen LogP contribution is 2.47. The Balaban J connectivity index is 1.36. The Morgan fingerprint density at radius 3 is 1.44 bits per heavy atom. The smallest absolute Gasteiger partial charge is 0.0443 e. The fourth-order valence-electron chi connectivity index (χ4n) is 8.49. The van der Waals surface area contributed by atoms with Crippen molar-refractivity contribution in [2.75, 3.05) is 22.9 Å². The van der Waals surface area contributed by atoms with Crippen LogP contribution < -0.4 is 9.80 Å². The molecule has 48 heavy (non-hydrogen) atoms. The topological polar surface area (TPSA) is 6.48 Å². The third-order valence-corrected chi connectivity index (χ3v) is 10.5. The molecule has 0 amide bonds. The van der Waals surface area contributed by atoms with E-state index >= 15 is 0 Å². The van der Waals surface area contributed by atoms with E-state index in [-0.39, 0.29) is 0 Å². The van der Waals surface area contributed by atoms with E-state index in [0.717, 1.165) is 38.8 Å². The van der Waals surface area contributed by atoms with Crippen molar-refractivity contribution in [2.45, 2.75) is 39.5 Å². The van der Waals surface area contributed by atoms with Gasteiger partial charge in [-0.3, -0.25) is 0 Å². The van der Waals surface area contributed by atoms with Gasteiger partial charge in [-0.25, -0.2) is 0 Å². The van der Waals surface area contributed by atoms with E-state index in [0.29, 0.717) is 0 Å².